The Kier molecular flexibility index (Phi) is 7.99. The summed E-state index contributed by atoms with van der Waals surface area (Å²) in [7, 11) is 0. The number of hydrogen-bond acceptors (Lipinski definition) is 5. The van der Waals surface area contributed by atoms with Crippen LogP contribution in [0.5, 0.6) is 0 Å². The maximum atomic E-state index is 12.0. The number of urea groups is 1. The van der Waals surface area contributed by atoms with Crippen LogP contribution in [0.15, 0.2) is 28.3 Å². The van der Waals surface area contributed by atoms with Crippen molar-refractivity contribution in [1.82, 2.24) is 20.6 Å². The molecule has 9 heteroatoms. The van der Waals surface area contributed by atoms with Crippen LogP contribution in [0.2, 0.25) is 0 Å². The lowest BCUT2D eigenvalue weighted by atomic mass is 10.0. The molecule has 140 valence electrons. The standard InChI is InChI=1S/C17H22BrN5O2S/c1-3-5-20-15(24)7-12-10-26-17(22-12)23-16(25)21-8-11(2)13-4-6-19-9-14(13)18/h4,6,9-11H,3,5,7-8H2,1-2H3,(H,20,24)(H2,21,22,23,25). The molecule has 3 amide bonds. The lowest BCUT2D eigenvalue weighted by Crippen LogP contribution is -2.31. The highest BCUT2D eigenvalue weighted by Gasteiger charge is 2.12. The molecular formula is C17H22BrN5O2S. The Morgan fingerprint density at radius 2 is 2.15 bits per heavy atom. The second-order valence-electron chi connectivity index (χ2n) is 5.80. The van der Waals surface area contributed by atoms with Crippen LogP contribution in [-0.2, 0) is 11.2 Å². The molecule has 2 heterocycles. The topological polar surface area (TPSA) is 96.0 Å². The number of halogens is 1. The Bertz CT molecular complexity index is 752. The summed E-state index contributed by atoms with van der Waals surface area (Å²) in [6.07, 6.45) is 4.57. The van der Waals surface area contributed by atoms with Gasteiger partial charge in [-0.3, -0.25) is 15.1 Å². The van der Waals surface area contributed by atoms with Gasteiger partial charge >= 0.3 is 6.03 Å². The van der Waals surface area contributed by atoms with Crippen LogP contribution in [0.3, 0.4) is 0 Å². The van der Waals surface area contributed by atoms with Crippen molar-refractivity contribution < 1.29 is 9.59 Å². The Labute approximate surface area is 165 Å². The number of aromatic nitrogens is 2. The molecule has 2 aromatic rings. The van der Waals surface area contributed by atoms with E-state index < -0.39 is 0 Å². The van der Waals surface area contributed by atoms with Crippen LogP contribution >= 0.6 is 27.3 Å². The van der Waals surface area contributed by atoms with Gasteiger partial charge in [-0.05, 0) is 39.9 Å². The number of hydrogen-bond donors (Lipinski definition) is 3. The molecule has 0 aliphatic rings. The van der Waals surface area contributed by atoms with Gasteiger partial charge in [0.15, 0.2) is 5.13 Å². The first-order chi connectivity index (χ1) is 12.5. The van der Waals surface area contributed by atoms with E-state index in [1.54, 1.807) is 17.8 Å². The number of amides is 3. The summed E-state index contributed by atoms with van der Waals surface area (Å²) in [5, 5.41) is 10.6. The molecule has 0 aliphatic carbocycles. The summed E-state index contributed by atoms with van der Waals surface area (Å²) in [4.78, 5) is 32.0. The fourth-order valence-corrected chi connectivity index (χ4v) is 3.57. The maximum Gasteiger partial charge on any atom is 0.321 e. The van der Waals surface area contributed by atoms with Gasteiger partial charge in [0.1, 0.15) is 0 Å². The fourth-order valence-electron chi connectivity index (χ4n) is 2.22. The smallest absolute Gasteiger partial charge is 0.321 e. The molecule has 0 aromatic carbocycles. The van der Waals surface area contributed by atoms with Crippen molar-refractivity contribution in [2.75, 3.05) is 18.4 Å². The Morgan fingerprint density at radius 1 is 1.35 bits per heavy atom. The van der Waals surface area contributed by atoms with E-state index in [1.807, 2.05) is 19.9 Å². The number of rotatable bonds is 8. The zero-order valence-electron chi connectivity index (χ0n) is 14.7. The van der Waals surface area contributed by atoms with Crippen molar-refractivity contribution in [3.05, 3.63) is 39.6 Å². The van der Waals surface area contributed by atoms with Crippen LogP contribution in [0.1, 0.15) is 37.4 Å². The number of pyridine rings is 1. The van der Waals surface area contributed by atoms with Crippen LogP contribution < -0.4 is 16.0 Å². The molecule has 1 unspecified atom stereocenters. The van der Waals surface area contributed by atoms with Gasteiger partial charge in [-0.1, -0.05) is 13.8 Å². The summed E-state index contributed by atoms with van der Waals surface area (Å²) in [5.74, 6) is 0.0668. The normalized spacial score (nSPS) is 11.7. The van der Waals surface area contributed by atoms with E-state index in [9.17, 15) is 9.59 Å². The van der Waals surface area contributed by atoms with Crippen molar-refractivity contribution in [2.45, 2.75) is 32.6 Å². The molecule has 0 radical (unpaired) electrons. The molecule has 3 N–H and O–H groups in total. The third-order valence-electron chi connectivity index (χ3n) is 3.59. The predicted octanol–water partition coefficient (Wildman–Crippen LogP) is 3.29. The summed E-state index contributed by atoms with van der Waals surface area (Å²) < 4.78 is 0.917. The highest BCUT2D eigenvalue weighted by Crippen LogP contribution is 2.23. The highest BCUT2D eigenvalue weighted by atomic mass is 79.9. The molecule has 2 aromatic heterocycles. The number of thiazole rings is 1. The second-order valence-corrected chi connectivity index (χ2v) is 7.52. The van der Waals surface area contributed by atoms with E-state index in [2.05, 4.69) is 41.8 Å². The average Bonchev–Trinajstić information content (AvgIpc) is 3.05. The lowest BCUT2D eigenvalue weighted by molar-refractivity contribution is -0.120. The quantitative estimate of drug-likeness (QED) is 0.587. The van der Waals surface area contributed by atoms with E-state index in [1.165, 1.54) is 11.3 Å². The minimum absolute atomic E-state index is 0.0649. The van der Waals surface area contributed by atoms with Gasteiger partial charge in [-0.25, -0.2) is 9.78 Å². The number of carbonyl (C=O) groups is 2. The number of nitrogens with one attached hydrogen (secondary N) is 3. The summed E-state index contributed by atoms with van der Waals surface area (Å²) in [6.45, 7) is 5.16. The zero-order valence-corrected chi connectivity index (χ0v) is 17.1. The Balaban J connectivity index is 1.79. The molecular weight excluding hydrogens is 418 g/mol. The Morgan fingerprint density at radius 3 is 2.88 bits per heavy atom. The molecule has 2 rings (SSSR count). The molecule has 0 bridgehead atoms. The summed E-state index contributed by atoms with van der Waals surface area (Å²) in [5.41, 5.74) is 1.72. The van der Waals surface area contributed by atoms with E-state index in [0.29, 0.717) is 23.9 Å². The number of anilines is 1. The van der Waals surface area contributed by atoms with Gasteiger partial charge in [0.25, 0.3) is 0 Å². The summed E-state index contributed by atoms with van der Waals surface area (Å²) >= 11 is 4.76. The third kappa shape index (κ3) is 6.38. The molecule has 26 heavy (non-hydrogen) atoms. The predicted molar refractivity (Wildman–Crippen MR) is 106 cm³/mol. The first kappa shape index (κ1) is 20.3. The van der Waals surface area contributed by atoms with Crippen LogP contribution in [0.4, 0.5) is 9.93 Å². The van der Waals surface area contributed by atoms with E-state index in [0.717, 1.165) is 16.5 Å². The Hall–Kier alpha value is -2.00. The molecule has 0 saturated heterocycles. The fraction of sp³-hybridized carbons (Fsp3) is 0.412. The minimum Gasteiger partial charge on any atom is -0.356 e. The average molecular weight is 440 g/mol. The molecule has 0 saturated carbocycles. The van der Waals surface area contributed by atoms with E-state index >= 15 is 0 Å². The molecule has 0 aliphatic heterocycles. The van der Waals surface area contributed by atoms with Gasteiger partial charge in [-0.15, -0.1) is 11.3 Å². The monoisotopic (exact) mass is 439 g/mol. The second kappa shape index (κ2) is 10.2. The number of nitrogens with zero attached hydrogens (tertiary/aromatic N) is 2. The summed E-state index contributed by atoms with van der Waals surface area (Å²) in [6, 6.07) is 1.60. The zero-order chi connectivity index (χ0) is 18.9. The van der Waals surface area contributed by atoms with Gasteiger partial charge in [-0.2, -0.15) is 0 Å². The SMILES string of the molecule is CCCNC(=O)Cc1csc(NC(=O)NCC(C)c2ccncc2Br)n1. The van der Waals surface area contributed by atoms with Crippen LogP contribution in [0, 0.1) is 0 Å². The van der Waals surface area contributed by atoms with Gasteiger partial charge in [0.05, 0.1) is 12.1 Å². The largest absolute Gasteiger partial charge is 0.356 e. The van der Waals surface area contributed by atoms with E-state index in [4.69, 9.17) is 0 Å². The van der Waals surface area contributed by atoms with Crippen molar-refractivity contribution in [3.63, 3.8) is 0 Å². The maximum absolute atomic E-state index is 12.0. The molecule has 0 spiro atoms. The van der Waals surface area contributed by atoms with Gasteiger partial charge < -0.3 is 10.6 Å². The minimum atomic E-state index is -0.321. The molecule has 1 atom stereocenters. The van der Waals surface area contributed by atoms with E-state index in [-0.39, 0.29) is 24.3 Å². The van der Waals surface area contributed by atoms with Gasteiger partial charge in [0, 0.05) is 35.3 Å². The molecule has 0 fully saturated rings. The highest BCUT2D eigenvalue weighted by molar-refractivity contribution is 9.10. The van der Waals surface area contributed by atoms with Gasteiger partial charge in [0.2, 0.25) is 5.91 Å². The van der Waals surface area contributed by atoms with Crippen LogP contribution in [0.25, 0.3) is 0 Å². The first-order valence-electron chi connectivity index (χ1n) is 8.35. The lowest BCUT2D eigenvalue weighted by Gasteiger charge is -2.14. The number of carbonyl (C=O) groups excluding carboxylic acids is 2. The van der Waals surface area contributed by atoms with Crippen molar-refractivity contribution in [3.8, 4) is 0 Å². The van der Waals surface area contributed by atoms with Crippen molar-refractivity contribution in [1.29, 1.82) is 0 Å². The van der Waals surface area contributed by atoms with Crippen molar-refractivity contribution in [2.24, 2.45) is 0 Å². The van der Waals surface area contributed by atoms with Crippen molar-refractivity contribution >= 4 is 44.3 Å². The molecule has 7 nitrogen and oxygen atoms in total. The third-order valence-corrected chi connectivity index (χ3v) is 5.06. The first-order valence-corrected chi connectivity index (χ1v) is 10.0. The van der Waals surface area contributed by atoms with Crippen LogP contribution in [-0.4, -0.2) is 35.0 Å².